The first-order chi connectivity index (χ1) is 14.5. The van der Waals surface area contributed by atoms with E-state index in [4.69, 9.17) is 9.26 Å². The molecular weight excluding hydrogens is 378 g/mol. The smallest absolute Gasteiger partial charge is 0.255 e. The number of nitrogens with one attached hydrogen (secondary N) is 1. The molecule has 2 aromatic heterocycles. The van der Waals surface area contributed by atoms with Gasteiger partial charge in [0.25, 0.3) is 5.91 Å². The fourth-order valence-electron chi connectivity index (χ4n) is 3.36. The van der Waals surface area contributed by atoms with Gasteiger partial charge in [-0.1, -0.05) is 35.5 Å². The number of hydrogen-bond acceptors (Lipinski definition) is 5. The number of aryl methyl sites for hydroxylation is 2. The third kappa shape index (κ3) is 4.03. The van der Waals surface area contributed by atoms with Crippen LogP contribution in [0.4, 0.5) is 0 Å². The number of pyridine rings is 1. The van der Waals surface area contributed by atoms with Crippen LogP contribution in [0.25, 0.3) is 10.8 Å². The highest BCUT2D eigenvalue weighted by atomic mass is 16.5. The predicted octanol–water partition coefficient (Wildman–Crippen LogP) is 4.91. The number of rotatable bonds is 6. The summed E-state index contributed by atoms with van der Waals surface area (Å²) in [4.78, 5) is 17.3. The van der Waals surface area contributed by atoms with Crippen LogP contribution in [0.1, 0.15) is 45.9 Å². The van der Waals surface area contributed by atoms with Gasteiger partial charge in [0.2, 0.25) is 0 Å². The molecule has 2 aromatic carbocycles. The summed E-state index contributed by atoms with van der Waals surface area (Å²) in [7, 11) is 0. The topological polar surface area (TPSA) is 77.2 Å². The Kier molecular flexibility index (Phi) is 5.48. The predicted molar refractivity (Wildman–Crippen MR) is 114 cm³/mol. The summed E-state index contributed by atoms with van der Waals surface area (Å²) in [6.07, 6.45) is 3.46. The summed E-state index contributed by atoms with van der Waals surface area (Å²) < 4.78 is 11.3. The van der Waals surface area contributed by atoms with Crippen molar-refractivity contribution < 1.29 is 14.1 Å². The van der Waals surface area contributed by atoms with Gasteiger partial charge in [0, 0.05) is 12.4 Å². The van der Waals surface area contributed by atoms with Gasteiger partial charge in [-0.25, -0.2) is 0 Å². The van der Waals surface area contributed by atoms with E-state index in [0.717, 1.165) is 27.6 Å². The second-order valence-electron chi connectivity index (χ2n) is 7.27. The molecule has 1 N–H and O–H groups in total. The van der Waals surface area contributed by atoms with Crippen molar-refractivity contribution in [1.29, 1.82) is 0 Å². The van der Waals surface area contributed by atoms with Gasteiger partial charge in [0.15, 0.2) is 0 Å². The number of carbonyl (C=O) groups excluding carboxylic acids is 1. The minimum Gasteiger partial charge on any atom is -0.488 e. The Morgan fingerprint density at radius 3 is 2.57 bits per heavy atom. The minimum absolute atomic E-state index is 0.187. The molecule has 30 heavy (non-hydrogen) atoms. The Balaban J connectivity index is 1.64. The summed E-state index contributed by atoms with van der Waals surface area (Å²) in [6.45, 7) is 5.93. The molecule has 1 unspecified atom stereocenters. The first-order valence-corrected chi connectivity index (χ1v) is 9.81. The van der Waals surface area contributed by atoms with Crippen molar-refractivity contribution in [3.63, 3.8) is 0 Å². The van der Waals surface area contributed by atoms with Crippen molar-refractivity contribution in [3.05, 3.63) is 89.1 Å². The van der Waals surface area contributed by atoms with E-state index in [1.165, 1.54) is 0 Å². The van der Waals surface area contributed by atoms with Gasteiger partial charge in [0.1, 0.15) is 18.1 Å². The molecule has 6 heteroatoms. The van der Waals surface area contributed by atoms with Gasteiger partial charge >= 0.3 is 0 Å². The summed E-state index contributed by atoms with van der Waals surface area (Å²) in [5.74, 6) is 1.03. The molecule has 0 radical (unpaired) electrons. The monoisotopic (exact) mass is 401 g/mol. The summed E-state index contributed by atoms with van der Waals surface area (Å²) in [6, 6.07) is 15.3. The first kappa shape index (κ1) is 19.6. The zero-order valence-corrected chi connectivity index (χ0v) is 17.2. The molecule has 0 saturated heterocycles. The van der Waals surface area contributed by atoms with Crippen molar-refractivity contribution in [3.8, 4) is 5.75 Å². The zero-order valence-electron chi connectivity index (χ0n) is 17.2. The van der Waals surface area contributed by atoms with E-state index in [0.29, 0.717) is 17.1 Å². The SMILES string of the molecule is Cc1noc(C)c1COc1cc2ccccc2cc1C(=O)NC(C)c1cccnc1. The summed E-state index contributed by atoms with van der Waals surface area (Å²) >= 11 is 0. The Bertz CT molecular complexity index is 1170. The molecule has 0 aliphatic carbocycles. The number of hydrogen-bond donors (Lipinski definition) is 1. The number of carbonyl (C=O) groups is 1. The third-order valence-corrected chi connectivity index (χ3v) is 5.18. The minimum atomic E-state index is -0.203. The molecular formula is C24H23N3O3. The normalized spacial score (nSPS) is 12.0. The molecule has 6 nitrogen and oxygen atoms in total. The van der Waals surface area contributed by atoms with Crippen LogP contribution >= 0.6 is 0 Å². The molecule has 0 aliphatic rings. The molecule has 1 amide bonds. The molecule has 0 bridgehead atoms. The molecule has 4 aromatic rings. The van der Waals surface area contributed by atoms with Crippen LogP contribution in [-0.2, 0) is 6.61 Å². The van der Waals surface area contributed by atoms with E-state index in [2.05, 4.69) is 15.5 Å². The highest BCUT2D eigenvalue weighted by molar-refractivity contribution is 6.01. The highest BCUT2D eigenvalue weighted by Crippen LogP contribution is 2.28. The average molecular weight is 401 g/mol. The number of amides is 1. The molecule has 0 saturated carbocycles. The maximum Gasteiger partial charge on any atom is 0.255 e. The molecule has 2 heterocycles. The zero-order chi connectivity index (χ0) is 21.1. The van der Waals surface area contributed by atoms with Crippen LogP contribution in [0.5, 0.6) is 5.75 Å². The Morgan fingerprint density at radius 2 is 1.90 bits per heavy atom. The van der Waals surface area contributed by atoms with Crippen LogP contribution in [-0.4, -0.2) is 16.0 Å². The van der Waals surface area contributed by atoms with E-state index in [1.54, 1.807) is 12.4 Å². The molecule has 0 aliphatic heterocycles. The van der Waals surface area contributed by atoms with Gasteiger partial charge in [-0.3, -0.25) is 9.78 Å². The van der Waals surface area contributed by atoms with Crippen molar-refractivity contribution in [1.82, 2.24) is 15.5 Å². The highest BCUT2D eigenvalue weighted by Gasteiger charge is 2.18. The van der Waals surface area contributed by atoms with Crippen LogP contribution < -0.4 is 10.1 Å². The fourth-order valence-corrected chi connectivity index (χ4v) is 3.36. The molecule has 4 rings (SSSR count). The molecule has 0 fully saturated rings. The lowest BCUT2D eigenvalue weighted by Crippen LogP contribution is -2.27. The number of aromatic nitrogens is 2. The molecule has 0 spiro atoms. The van der Waals surface area contributed by atoms with Gasteiger partial charge in [-0.05, 0) is 55.3 Å². The van der Waals surface area contributed by atoms with Crippen LogP contribution in [0.2, 0.25) is 0 Å². The van der Waals surface area contributed by atoms with Gasteiger partial charge in [-0.15, -0.1) is 0 Å². The van der Waals surface area contributed by atoms with E-state index in [-0.39, 0.29) is 18.6 Å². The van der Waals surface area contributed by atoms with Gasteiger partial charge in [-0.2, -0.15) is 0 Å². The quantitative estimate of drug-likeness (QED) is 0.497. The number of fused-ring (bicyclic) bond motifs is 1. The Labute approximate surface area is 174 Å². The Morgan fingerprint density at radius 1 is 1.13 bits per heavy atom. The standard InChI is InChI=1S/C24H23N3O3/c1-15(20-9-6-10-25-13-20)26-24(28)21-11-18-7-4-5-8-19(18)12-23(21)29-14-22-16(2)27-30-17(22)3/h4-13,15H,14H2,1-3H3,(H,26,28). The molecule has 1 atom stereocenters. The lowest BCUT2D eigenvalue weighted by Gasteiger charge is -2.17. The van der Waals surface area contributed by atoms with E-state index in [1.807, 2.05) is 69.3 Å². The Hall–Kier alpha value is -3.67. The van der Waals surface area contributed by atoms with Crippen LogP contribution in [0.3, 0.4) is 0 Å². The van der Waals surface area contributed by atoms with E-state index < -0.39 is 0 Å². The lowest BCUT2D eigenvalue weighted by atomic mass is 10.0. The second-order valence-corrected chi connectivity index (χ2v) is 7.27. The van der Waals surface area contributed by atoms with Crippen molar-refractivity contribution in [2.45, 2.75) is 33.4 Å². The van der Waals surface area contributed by atoms with Gasteiger partial charge in [0.05, 0.1) is 22.9 Å². The second kappa shape index (κ2) is 8.37. The van der Waals surface area contributed by atoms with Crippen molar-refractivity contribution in [2.24, 2.45) is 0 Å². The summed E-state index contributed by atoms with van der Waals surface area (Å²) in [5, 5.41) is 8.99. The fraction of sp³-hybridized carbons (Fsp3) is 0.208. The first-order valence-electron chi connectivity index (χ1n) is 9.81. The van der Waals surface area contributed by atoms with Crippen LogP contribution in [0.15, 0.2) is 65.4 Å². The van der Waals surface area contributed by atoms with E-state index >= 15 is 0 Å². The third-order valence-electron chi connectivity index (χ3n) is 5.18. The number of nitrogens with zero attached hydrogens (tertiary/aromatic N) is 2. The average Bonchev–Trinajstić information content (AvgIpc) is 3.09. The van der Waals surface area contributed by atoms with Crippen molar-refractivity contribution in [2.75, 3.05) is 0 Å². The maximum atomic E-state index is 13.1. The summed E-state index contributed by atoms with van der Waals surface area (Å²) in [5.41, 5.74) is 3.09. The lowest BCUT2D eigenvalue weighted by molar-refractivity contribution is 0.0935. The largest absolute Gasteiger partial charge is 0.488 e. The van der Waals surface area contributed by atoms with E-state index in [9.17, 15) is 4.79 Å². The van der Waals surface area contributed by atoms with Crippen LogP contribution in [0, 0.1) is 13.8 Å². The number of ether oxygens (including phenoxy) is 1. The molecule has 152 valence electrons. The van der Waals surface area contributed by atoms with Crippen molar-refractivity contribution >= 4 is 16.7 Å². The maximum absolute atomic E-state index is 13.1. The van der Waals surface area contributed by atoms with Gasteiger partial charge < -0.3 is 14.6 Å². The number of benzene rings is 2.